The fourth-order valence-corrected chi connectivity index (χ4v) is 2.18. The highest BCUT2D eigenvalue weighted by Gasteiger charge is 2.28. The van der Waals surface area contributed by atoms with Gasteiger partial charge in [0.1, 0.15) is 6.04 Å². The number of rotatable bonds is 2. The van der Waals surface area contributed by atoms with Crippen molar-refractivity contribution < 1.29 is 4.79 Å². The highest BCUT2D eigenvalue weighted by atomic mass is 16.2. The van der Waals surface area contributed by atoms with Crippen LogP contribution in [0.25, 0.3) is 0 Å². The van der Waals surface area contributed by atoms with Crippen LogP contribution in [0.15, 0.2) is 24.3 Å². The Bertz CT molecular complexity index is 414. The van der Waals surface area contributed by atoms with Gasteiger partial charge in [-0.3, -0.25) is 4.79 Å². The Morgan fingerprint density at radius 3 is 2.82 bits per heavy atom. The standard InChI is InChI=1S/C14H20N2O/c1-10(2)16(3)14(17)13-12-7-5-4-6-11(12)8-9-15-13/h4-7,10,13,15H,8-9H2,1-3H3. The molecule has 1 N–H and O–H groups in total. The SMILES string of the molecule is CC(C)N(C)C(=O)C1NCCc2ccccc21. The third-order valence-corrected chi connectivity index (χ3v) is 3.48. The van der Waals surface area contributed by atoms with E-state index in [2.05, 4.69) is 17.4 Å². The topological polar surface area (TPSA) is 32.3 Å². The Balaban J connectivity index is 2.27. The molecule has 17 heavy (non-hydrogen) atoms. The largest absolute Gasteiger partial charge is 0.342 e. The van der Waals surface area contributed by atoms with Crippen LogP contribution in [0.1, 0.15) is 31.0 Å². The smallest absolute Gasteiger partial charge is 0.244 e. The number of hydrogen-bond donors (Lipinski definition) is 1. The summed E-state index contributed by atoms with van der Waals surface area (Å²) >= 11 is 0. The van der Waals surface area contributed by atoms with Crippen LogP contribution in [0.2, 0.25) is 0 Å². The van der Waals surface area contributed by atoms with Crippen molar-refractivity contribution in [1.29, 1.82) is 0 Å². The summed E-state index contributed by atoms with van der Waals surface area (Å²) in [5, 5.41) is 3.32. The first kappa shape index (κ1) is 12.1. The molecule has 0 saturated carbocycles. The minimum atomic E-state index is -0.174. The Morgan fingerprint density at radius 1 is 1.41 bits per heavy atom. The van der Waals surface area contributed by atoms with Crippen molar-refractivity contribution in [3.05, 3.63) is 35.4 Å². The molecule has 1 aliphatic rings. The zero-order valence-corrected chi connectivity index (χ0v) is 10.7. The van der Waals surface area contributed by atoms with Gasteiger partial charge in [0.15, 0.2) is 0 Å². The second-order valence-electron chi connectivity index (χ2n) is 4.88. The van der Waals surface area contributed by atoms with Gasteiger partial charge in [0, 0.05) is 19.6 Å². The highest BCUT2D eigenvalue weighted by molar-refractivity contribution is 5.84. The molecule has 1 amide bonds. The van der Waals surface area contributed by atoms with Gasteiger partial charge in [-0.25, -0.2) is 0 Å². The Kier molecular flexibility index (Phi) is 3.48. The summed E-state index contributed by atoms with van der Waals surface area (Å²) in [6.45, 7) is 4.94. The van der Waals surface area contributed by atoms with Crippen molar-refractivity contribution in [2.45, 2.75) is 32.4 Å². The predicted octanol–water partition coefficient (Wildman–Crippen LogP) is 1.74. The third kappa shape index (κ3) is 2.34. The highest BCUT2D eigenvalue weighted by Crippen LogP contribution is 2.24. The monoisotopic (exact) mass is 232 g/mol. The number of fused-ring (bicyclic) bond motifs is 1. The lowest BCUT2D eigenvalue weighted by Crippen LogP contribution is -2.44. The van der Waals surface area contributed by atoms with Crippen LogP contribution in [0.4, 0.5) is 0 Å². The fraction of sp³-hybridized carbons (Fsp3) is 0.500. The molecule has 0 bridgehead atoms. The third-order valence-electron chi connectivity index (χ3n) is 3.48. The molecular formula is C14H20N2O. The number of carbonyl (C=O) groups excluding carboxylic acids is 1. The van der Waals surface area contributed by atoms with Crippen LogP contribution >= 0.6 is 0 Å². The van der Waals surface area contributed by atoms with E-state index in [0.29, 0.717) is 0 Å². The molecule has 0 spiro atoms. The molecule has 0 aromatic heterocycles. The van der Waals surface area contributed by atoms with Crippen molar-refractivity contribution in [2.24, 2.45) is 0 Å². The molecule has 92 valence electrons. The first-order valence-corrected chi connectivity index (χ1v) is 6.19. The number of carbonyl (C=O) groups is 1. The molecule has 0 saturated heterocycles. The molecular weight excluding hydrogens is 212 g/mol. The molecule has 1 heterocycles. The van der Waals surface area contributed by atoms with Crippen molar-refractivity contribution in [2.75, 3.05) is 13.6 Å². The molecule has 1 aromatic carbocycles. The maximum Gasteiger partial charge on any atom is 0.244 e. The van der Waals surface area contributed by atoms with Gasteiger partial charge in [0.2, 0.25) is 5.91 Å². The molecule has 3 nitrogen and oxygen atoms in total. The molecule has 1 aliphatic heterocycles. The van der Waals surface area contributed by atoms with Gasteiger partial charge in [-0.1, -0.05) is 24.3 Å². The summed E-state index contributed by atoms with van der Waals surface area (Å²) in [6, 6.07) is 8.27. The number of amides is 1. The van der Waals surface area contributed by atoms with Crippen molar-refractivity contribution >= 4 is 5.91 Å². The Hall–Kier alpha value is -1.35. The van der Waals surface area contributed by atoms with Gasteiger partial charge in [0.05, 0.1) is 0 Å². The van der Waals surface area contributed by atoms with E-state index in [-0.39, 0.29) is 18.0 Å². The second-order valence-corrected chi connectivity index (χ2v) is 4.88. The molecule has 0 aliphatic carbocycles. The van der Waals surface area contributed by atoms with Gasteiger partial charge in [-0.15, -0.1) is 0 Å². The lowest BCUT2D eigenvalue weighted by molar-refractivity contribution is -0.134. The van der Waals surface area contributed by atoms with E-state index in [1.165, 1.54) is 5.56 Å². The number of benzene rings is 1. The number of nitrogens with zero attached hydrogens (tertiary/aromatic N) is 1. The average Bonchev–Trinajstić information content (AvgIpc) is 2.36. The summed E-state index contributed by atoms with van der Waals surface area (Å²) in [5.41, 5.74) is 2.43. The van der Waals surface area contributed by atoms with E-state index >= 15 is 0 Å². The maximum absolute atomic E-state index is 12.4. The van der Waals surface area contributed by atoms with Crippen molar-refractivity contribution in [3.8, 4) is 0 Å². The normalized spacial score (nSPS) is 18.9. The summed E-state index contributed by atoms with van der Waals surface area (Å²) < 4.78 is 0. The summed E-state index contributed by atoms with van der Waals surface area (Å²) in [7, 11) is 1.87. The van der Waals surface area contributed by atoms with Crippen LogP contribution in [0.5, 0.6) is 0 Å². The van der Waals surface area contributed by atoms with Crippen molar-refractivity contribution in [3.63, 3.8) is 0 Å². The van der Waals surface area contributed by atoms with Gasteiger partial charge in [-0.05, 0) is 31.4 Å². The molecule has 0 radical (unpaired) electrons. The first-order chi connectivity index (χ1) is 8.11. The minimum Gasteiger partial charge on any atom is -0.342 e. The Labute approximate surface area is 103 Å². The fourth-order valence-electron chi connectivity index (χ4n) is 2.18. The van der Waals surface area contributed by atoms with Crippen LogP contribution in [-0.2, 0) is 11.2 Å². The lowest BCUT2D eigenvalue weighted by Gasteiger charge is -2.31. The minimum absolute atomic E-state index is 0.159. The molecule has 1 atom stereocenters. The maximum atomic E-state index is 12.4. The van der Waals surface area contributed by atoms with E-state index in [9.17, 15) is 4.79 Å². The molecule has 1 unspecified atom stereocenters. The zero-order chi connectivity index (χ0) is 12.4. The summed E-state index contributed by atoms with van der Waals surface area (Å²) in [5.74, 6) is 0.159. The van der Waals surface area contributed by atoms with Gasteiger partial charge >= 0.3 is 0 Å². The van der Waals surface area contributed by atoms with E-state index in [1.807, 2.05) is 33.0 Å². The predicted molar refractivity (Wildman–Crippen MR) is 68.8 cm³/mol. The number of nitrogens with one attached hydrogen (secondary N) is 1. The average molecular weight is 232 g/mol. The van der Waals surface area contributed by atoms with E-state index in [4.69, 9.17) is 0 Å². The van der Waals surface area contributed by atoms with E-state index in [1.54, 1.807) is 4.90 Å². The van der Waals surface area contributed by atoms with E-state index in [0.717, 1.165) is 18.5 Å². The van der Waals surface area contributed by atoms with Gasteiger partial charge in [0.25, 0.3) is 0 Å². The van der Waals surface area contributed by atoms with Gasteiger partial charge in [-0.2, -0.15) is 0 Å². The first-order valence-electron chi connectivity index (χ1n) is 6.19. The molecule has 3 heteroatoms. The van der Waals surface area contributed by atoms with Crippen LogP contribution in [0, 0.1) is 0 Å². The quantitative estimate of drug-likeness (QED) is 0.842. The zero-order valence-electron chi connectivity index (χ0n) is 10.7. The second kappa shape index (κ2) is 4.88. The van der Waals surface area contributed by atoms with Crippen LogP contribution < -0.4 is 5.32 Å². The molecule has 2 rings (SSSR count). The molecule has 0 fully saturated rings. The van der Waals surface area contributed by atoms with Gasteiger partial charge < -0.3 is 10.2 Å². The summed E-state index contributed by atoms with van der Waals surface area (Å²) in [6.07, 6.45) is 1.01. The number of likely N-dealkylation sites (N-methyl/N-ethyl adjacent to an activating group) is 1. The number of hydrogen-bond acceptors (Lipinski definition) is 2. The Morgan fingerprint density at radius 2 is 2.12 bits per heavy atom. The van der Waals surface area contributed by atoms with E-state index < -0.39 is 0 Å². The summed E-state index contributed by atoms with van der Waals surface area (Å²) in [4.78, 5) is 14.2. The van der Waals surface area contributed by atoms with Crippen molar-refractivity contribution in [1.82, 2.24) is 10.2 Å². The molecule has 1 aromatic rings. The lowest BCUT2D eigenvalue weighted by atomic mass is 9.93. The van der Waals surface area contributed by atoms with Crippen LogP contribution in [-0.4, -0.2) is 30.4 Å². The van der Waals surface area contributed by atoms with Crippen LogP contribution in [0.3, 0.4) is 0 Å².